The van der Waals surface area contributed by atoms with Gasteiger partial charge in [0.05, 0.1) is 15.8 Å². The van der Waals surface area contributed by atoms with Crippen LogP contribution in [0.1, 0.15) is 5.89 Å². The van der Waals surface area contributed by atoms with Crippen molar-refractivity contribution in [3.05, 3.63) is 39.9 Å². The van der Waals surface area contributed by atoms with Crippen molar-refractivity contribution >= 4 is 44.3 Å². The van der Waals surface area contributed by atoms with Crippen molar-refractivity contribution in [2.75, 3.05) is 26.2 Å². The lowest BCUT2D eigenvalue weighted by Crippen LogP contribution is -2.48. The zero-order chi connectivity index (χ0) is 18.1. The van der Waals surface area contributed by atoms with Gasteiger partial charge in [0.1, 0.15) is 4.21 Å². The number of rotatable bonds is 5. The van der Waals surface area contributed by atoms with Gasteiger partial charge in [-0.25, -0.2) is 8.42 Å². The summed E-state index contributed by atoms with van der Waals surface area (Å²) in [4.78, 5) is 3.05. The Hall–Kier alpha value is -1.30. The van der Waals surface area contributed by atoms with Gasteiger partial charge < -0.3 is 4.42 Å². The van der Waals surface area contributed by atoms with Crippen LogP contribution in [0.4, 0.5) is 0 Å². The highest BCUT2D eigenvalue weighted by atomic mass is 35.5. The summed E-state index contributed by atoms with van der Waals surface area (Å²) in [5.41, 5.74) is 0. The molecule has 0 bridgehead atoms. The van der Waals surface area contributed by atoms with Crippen LogP contribution in [-0.4, -0.2) is 54.0 Å². The molecule has 7 nitrogen and oxygen atoms in total. The third-order valence-corrected chi connectivity index (χ3v) is 8.49. The summed E-state index contributed by atoms with van der Waals surface area (Å²) in [6.45, 7) is 2.56. The molecule has 0 spiro atoms. The topological polar surface area (TPSA) is 79.5 Å². The maximum atomic E-state index is 12.6. The highest BCUT2D eigenvalue weighted by molar-refractivity contribution is 7.91. The van der Waals surface area contributed by atoms with Gasteiger partial charge in [0.25, 0.3) is 15.9 Å². The first-order chi connectivity index (χ1) is 12.5. The van der Waals surface area contributed by atoms with Crippen LogP contribution in [0.25, 0.3) is 10.8 Å². The summed E-state index contributed by atoms with van der Waals surface area (Å²) in [5, 5.41) is 10.1. The van der Waals surface area contributed by atoms with E-state index in [9.17, 15) is 8.42 Å². The minimum Gasteiger partial charge on any atom is -0.419 e. The van der Waals surface area contributed by atoms with Crippen molar-refractivity contribution < 1.29 is 12.8 Å². The van der Waals surface area contributed by atoms with E-state index in [1.165, 1.54) is 4.31 Å². The van der Waals surface area contributed by atoms with E-state index in [-0.39, 0.29) is 4.21 Å². The maximum absolute atomic E-state index is 12.6. The number of hydrogen-bond donors (Lipinski definition) is 0. The molecule has 0 amide bonds. The number of hydrogen-bond acceptors (Lipinski definition) is 8. The van der Waals surface area contributed by atoms with Gasteiger partial charge in [-0.05, 0) is 23.6 Å². The standard InChI is InChI=1S/C15H15ClN4O3S3/c16-12-3-4-14(25-12)26(21,22)20-7-5-19(6-8-20)10-13-17-18-15(23-13)11-2-1-9-24-11/h1-4,9H,5-8,10H2. The molecule has 11 heteroatoms. The molecule has 4 rings (SSSR count). The number of piperazine rings is 1. The second kappa shape index (κ2) is 7.37. The van der Waals surface area contributed by atoms with Crippen LogP contribution in [0.5, 0.6) is 0 Å². The first-order valence-corrected chi connectivity index (χ1v) is 11.4. The highest BCUT2D eigenvalue weighted by Crippen LogP contribution is 2.29. The normalized spacial score (nSPS) is 17.0. The fraction of sp³-hybridized carbons (Fsp3) is 0.333. The lowest BCUT2D eigenvalue weighted by molar-refractivity contribution is 0.169. The van der Waals surface area contributed by atoms with Gasteiger partial charge in [-0.1, -0.05) is 17.7 Å². The zero-order valence-electron chi connectivity index (χ0n) is 13.5. The van der Waals surface area contributed by atoms with Crippen LogP contribution >= 0.6 is 34.3 Å². The molecular weight excluding hydrogens is 416 g/mol. The Kier molecular flexibility index (Phi) is 5.13. The molecule has 3 aromatic heterocycles. The molecule has 1 aliphatic heterocycles. The van der Waals surface area contributed by atoms with Gasteiger partial charge in [0, 0.05) is 26.2 Å². The average molecular weight is 431 g/mol. The average Bonchev–Trinajstić information content (AvgIpc) is 3.36. The lowest BCUT2D eigenvalue weighted by Gasteiger charge is -2.32. The molecule has 0 N–H and O–H groups in total. The van der Waals surface area contributed by atoms with E-state index in [0.717, 1.165) is 16.2 Å². The van der Waals surface area contributed by atoms with Crippen LogP contribution in [0.15, 0.2) is 38.3 Å². The molecule has 0 radical (unpaired) electrons. The molecule has 3 aromatic rings. The summed E-state index contributed by atoms with van der Waals surface area (Å²) in [6.07, 6.45) is 0. The summed E-state index contributed by atoms with van der Waals surface area (Å²) in [5.74, 6) is 1.06. The molecule has 26 heavy (non-hydrogen) atoms. The van der Waals surface area contributed by atoms with Crippen LogP contribution < -0.4 is 0 Å². The van der Waals surface area contributed by atoms with E-state index in [4.69, 9.17) is 16.0 Å². The highest BCUT2D eigenvalue weighted by Gasteiger charge is 2.30. The fourth-order valence-corrected chi connectivity index (χ4v) is 6.40. The number of sulfonamides is 1. The van der Waals surface area contributed by atoms with Gasteiger partial charge in [-0.3, -0.25) is 4.90 Å². The first-order valence-electron chi connectivity index (χ1n) is 7.86. The quantitative estimate of drug-likeness (QED) is 0.619. The molecule has 1 aliphatic rings. The molecule has 0 aliphatic carbocycles. The largest absolute Gasteiger partial charge is 0.419 e. The summed E-state index contributed by atoms with van der Waals surface area (Å²) < 4.78 is 33.2. The van der Waals surface area contributed by atoms with E-state index in [0.29, 0.717) is 48.8 Å². The SMILES string of the molecule is O=S(=O)(c1ccc(Cl)s1)N1CCN(Cc2nnc(-c3cccs3)o2)CC1. The summed E-state index contributed by atoms with van der Waals surface area (Å²) in [6, 6.07) is 7.03. The van der Waals surface area contributed by atoms with Gasteiger partial charge >= 0.3 is 0 Å². The van der Waals surface area contributed by atoms with Gasteiger partial charge in [0.2, 0.25) is 5.89 Å². The van der Waals surface area contributed by atoms with Crippen molar-refractivity contribution in [3.63, 3.8) is 0 Å². The van der Waals surface area contributed by atoms with Crippen molar-refractivity contribution in [2.24, 2.45) is 0 Å². The Morgan fingerprint density at radius 2 is 1.96 bits per heavy atom. The molecule has 0 unspecified atom stereocenters. The van der Waals surface area contributed by atoms with E-state index in [1.807, 2.05) is 17.5 Å². The monoisotopic (exact) mass is 430 g/mol. The van der Waals surface area contributed by atoms with Crippen LogP contribution in [0.2, 0.25) is 4.34 Å². The van der Waals surface area contributed by atoms with Gasteiger partial charge in [-0.15, -0.1) is 32.9 Å². The Bertz CT molecular complexity index is 976. The second-order valence-electron chi connectivity index (χ2n) is 5.72. The van der Waals surface area contributed by atoms with Crippen molar-refractivity contribution in [3.8, 4) is 10.8 Å². The number of thiophene rings is 2. The maximum Gasteiger partial charge on any atom is 0.257 e. The van der Waals surface area contributed by atoms with Crippen molar-refractivity contribution in [1.29, 1.82) is 0 Å². The van der Waals surface area contributed by atoms with E-state index in [2.05, 4.69) is 15.1 Å². The molecule has 1 saturated heterocycles. The molecule has 1 fully saturated rings. The Labute approximate surface area is 163 Å². The number of aromatic nitrogens is 2. The third-order valence-electron chi connectivity index (χ3n) is 4.03. The van der Waals surface area contributed by atoms with Crippen LogP contribution in [0.3, 0.4) is 0 Å². The van der Waals surface area contributed by atoms with E-state index in [1.54, 1.807) is 23.5 Å². The van der Waals surface area contributed by atoms with Crippen LogP contribution in [0, 0.1) is 0 Å². The molecule has 0 saturated carbocycles. The minimum atomic E-state index is -3.47. The third kappa shape index (κ3) is 3.71. The van der Waals surface area contributed by atoms with Crippen molar-refractivity contribution in [2.45, 2.75) is 10.8 Å². The minimum absolute atomic E-state index is 0.286. The smallest absolute Gasteiger partial charge is 0.257 e. The lowest BCUT2D eigenvalue weighted by atomic mass is 10.3. The Balaban J connectivity index is 1.37. The van der Waals surface area contributed by atoms with E-state index < -0.39 is 10.0 Å². The molecule has 138 valence electrons. The molecule has 0 aromatic carbocycles. The Morgan fingerprint density at radius 1 is 1.15 bits per heavy atom. The molecule has 4 heterocycles. The van der Waals surface area contributed by atoms with Gasteiger partial charge in [-0.2, -0.15) is 4.31 Å². The number of halogens is 1. The van der Waals surface area contributed by atoms with E-state index >= 15 is 0 Å². The van der Waals surface area contributed by atoms with Gasteiger partial charge in [0.15, 0.2) is 0 Å². The Morgan fingerprint density at radius 3 is 2.62 bits per heavy atom. The van der Waals surface area contributed by atoms with Crippen molar-refractivity contribution in [1.82, 2.24) is 19.4 Å². The molecule has 0 atom stereocenters. The summed E-state index contributed by atoms with van der Waals surface area (Å²) in [7, 11) is -3.47. The predicted octanol–water partition coefficient (Wildman–Crippen LogP) is 3.02. The second-order valence-corrected chi connectivity index (χ2v) is 10.5. The fourth-order valence-electron chi connectivity index (χ4n) is 2.70. The number of nitrogens with zero attached hydrogens (tertiary/aromatic N) is 4. The first kappa shape index (κ1) is 18.1. The summed E-state index contributed by atoms with van der Waals surface area (Å²) >= 11 is 8.49. The zero-order valence-corrected chi connectivity index (χ0v) is 16.7. The van der Waals surface area contributed by atoms with Crippen LogP contribution in [-0.2, 0) is 16.6 Å². The molecular formula is C15H15ClN4O3S3. The predicted molar refractivity (Wildman–Crippen MR) is 101 cm³/mol.